The van der Waals surface area contributed by atoms with E-state index in [-0.39, 0.29) is 9.92 Å². The molecule has 3 rings (SSSR count). The summed E-state index contributed by atoms with van der Waals surface area (Å²) in [6.45, 7) is 0.968. The molecule has 0 aliphatic heterocycles. The first-order valence-corrected chi connectivity index (χ1v) is 9.21. The summed E-state index contributed by atoms with van der Waals surface area (Å²) in [6, 6.07) is 9.84. The van der Waals surface area contributed by atoms with Crippen LogP contribution in [-0.4, -0.2) is 31.9 Å². The van der Waals surface area contributed by atoms with Crippen LogP contribution in [0, 0.1) is 5.82 Å². The van der Waals surface area contributed by atoms with Crippen LogP contribution in [0.25, 0.3) is 10.9 Å². The van der Waals surface area contributed by atoms with Gasteiger partial charge in [0.25, 0.3) is 0 Å². The Balaban J connectivity index is 2.21. The normalized spacial score (nSPS) is 11.8. The van der Waals surface area contributed by atoms with E-state index in [0.29, 0.717) is 36.2 Å². The lowest BCUT2D eigenvalue weighted by atomic mass is 10.2. The van der Waals surface area contributed by atoms with Gasteiger partial charge in [-0.2, -0.15) is 5.10 Å². The number of benzene rings is 2. The number of nitrogens with two attached hydrogens (primary N) is 1. The van der Waals surface area contributed by atoms with Gasteiger partial charge < -0.3 is 10.5 Å². The molecule has 8 heteroatoms. The van der Waals surface area contributed by atoms with E-state index in [2.05, 4.69) is 5.10 Å². The maximum Gasteiger partial charge on any atom is 0.226 e. The smallest absolute Gasteiger partial charge is 0.226 e. The number of fused-ring (bicyclic) bond motifs is 1. The van der Waals surface area contributed by atoms with Crippen molar-refractivity contribution < 1.29 is 17.5 Å². The summed E-state index contributed by atoms with van der Waals surface area (Å²) < 4.78 is 45.9. The standard InChI is InChI=1S/C17H18FN3O3S/c1-24-13-5-8-16-15(11-13)17(20-21(16)10-2-9-19)25(22,23)14-6-3-12(18)4-7-14/h3-8,11H,2,9-10,19H2,1H3. The molecule has 0 radical (unpaired) electrons. The number of aryl methyl sites for hydroxylation is 1. The number of hydrogen-bond donors (Lipinski definition) is 1. The van der Waals surface area contributed by atoms with Crippen LogP contribution < -0.4 is 10.5 Å². The zero-order chi connectivity index (χ0) is 18.0. The number of hydrogen-bond acceptors (Lipinski definition) is 5. The molecule has 0 saturated heterocycles. The molecule has 3 aromatic rings. The molecular formula is C17H18FN3O3S. The predicted octanol–water partition coefficient (Wildman–Crippen LogP) is 2.37. The number of sulfone groups is 1. The van der Waals surface area contributed by atoms with Crippen LogP contribution in [0.1, 0.15) is 6.42 Å². The highest BCUT2D eigenvalue weighted by Crippen LogP contribution is 2.30. The highest BCUT2D eigenvalue weighted by Gasteiger charge is 2.25. The minimum Gasteiger partial charge on any atom is -0.497 e. The molecule has 6 nitrogen and oxygen atoms in total. The minimum absolute atomic E-state index is 0.0119. The van der Waals surface area contributed by atoms with Gasteiger partial charge in [0.1, 0.15) is 11.6 Å². The molecule has 1 aromatic heterocycles. The van der Waals surface area contributed by atoms with E-state index in [1.165, 1.54) is 19.2 Å². The third-order valence-corrected chi connectivity index (χ3v) is 5.58. The van der Waals surface area contributed by atoms with Gasteiger partial charge in [-0.15, -0.1) is 0 Å². The molecule has 0 aliphatic carbocycles. The van der Waals surface area contributed by atoms with Gasteiger partial charge in [-0.1, -0.05) is 0 Å². The molecule has 0 saturated carbocycles. The van der Waals surface area contributed by atoms with Crippen LogP contribution in [-0.2, 0) is 16.4 Å². The molecule has 0 bridgehead atoms. The van der Waals surface area contributed by atoms with E-state index in [4.69, 9.17) is 10.5 Å². The van der Waals surface area contributed by atoms with Crippen LogP contribution in [0.5, 0.6) is 5.75 Å². The van der Waals surface area contributed by atoms with Crippen molar-refractivity contribution in [3.05, 3.63) is 48.3 Å². The summed E-state index contributed by atoms with van der Waals surface area (Å²) in [7, 11) is -2.39. The molecular weight excluding hydrogens is 345 g/mol. The Morgan fingerprint density at radius 2 is 1.92 bits per heavy atom. The third-order valence-electron chi connectivity index (χ3n) is 3.88. The summed E-state index contributed by atoms with van der Waals surface area (Å²) in [5.41, 5.74) is 6.22. The van der Waals surface area contributed by atoms with Crippen molar-refractivity contribution in [2.45, 2.75) is 22.9 Å². The molecule has 2 aromatic carbocycles. The van der Waals surface area contributed by atoms with Crippen molar-refractivity contribution in [1.29, 1.82) is 0 Å². The highest BCUT2D eigenvalue weighted by atomic mass is 32.2. The Bertz CT molecular complexity index is 998. The maximum atomic E-state index is 13.1. The zero-order valence-electron chi connectivity index (χ0n) is 13.6. The Labute approximate surface area is 144 Å². The molecule has 25 heavy (non-hydrogen) atoms. The third kappa shape index (κ3) is 3.22. The van der Waals surface area contributed by atoms with Gasteiger partial charge in [-0.25, -0.2) is 12.8 Å². The second kappa shape index (κ2) is 6.81. The largest absolute Gasteiger partial charge is 0.497 e. The molecule has 0 spiro atoms. The fourth-order valence-corrected chi connectivity index (χ4v) is 3.97. The lowest BCUT2D eigenvalue weighted by Gasteiger charge is -2.03. The predicted molar refractivity (Wildman–Crippen MR) is 91.8 cm³/mol. The number of halogens is 1. The first-order chi connectivity index (χ1) is 12.0. The number of aromatic nitrogens is 2. The van der Waals surface area contributed by atoms with Gasteiger partial charge in [-0.05, 0) is 55.4 Å². The molecule has 0 unspecified atom stereocenters. The van der Waals surface area contributed by atoms with Crippen molar-refractivity contribution >= 4 is 20.7 Å². The van der Waals surface area contributed by atoms with Crippen LogP contribution in [0.3, 0.4) is 0 Å². The molecule has 0 aliphatic rings. The van der Waals surface area contributed by atoms with Crippen molar-refractivity contribution in [2.24, 2.45) is 5.73 Å². The molecule has 1 heterocycles. The van der Waals surface area contributed by atoms with E-state index >= 15 is 0 Å². The topological polar surface area (TPSA) is 87.2 Å². The number of nitrogens with zero attached hydrogens (tertiary/aromatic N) is 2. The lowest BCUT2D eigenvalue weighted by molar-refractivity contribution is 0.415. The van der Waals surface area contributed by atoms with Crippen molar-refractivity contribution in [1.82, 2.24) is 9.78 Å². The van der Waals surface area contributed by atoms with Crippen molar-refractivity contribution in [3.63, 3.8) is 0 Å². The fourth-order valence-electron chi connectivity index (χ4n) is 2.59. The minimum atomic E-state index is -3.90. The zero-order valence-corrected chi connectivity index (χ0v) is 14.5. The first kappa shape index (κ1) is 17.4. The van der Waals surface area contributed by atoms with Gasteiger partial charge in [-0.3, -0.25) is 4.68 Å². The van der Waals surface area contributed by atoms with E-state index in [1.54, 1.807) is 22.9 Å². The first-order valence-electron chi connectivity index (χ1n) is 7.72. The molecule has 0 amide bonds. The summed E-state index contributed by atoms with van der Waals surface area (Å²) in [6.07, 6.45) is 0.666. The van der Waals surface area contributed by atoms with Crippen LogP contribution in [0.15, 0.2) is 52.4 Å². The summed E-state index contributed by atoms with van der Waals surface area (Å²) in [5.74, 6) is 0.0281. The second-order valence-electron chi connectivity index (χ2n) is 5.51. The maximum absolute atomic E-state index is 13.1. The van der Waals surface area contributed by atoms with Crippen LogP contribution in [0.2, 0.25) is 0 Å². The van der Waals surface area contributed by atoms with Crippen molar-refractivity contribution in [3.8, 4) is 5.75 Å². The van der Waals surface area contributed by atoms with E-state index in [9.17, 15) is 12.8 Å². The van der Waals surface area contributed by atoms with Gasteiger partial charge in [0.15, 0.2) is 5.03 Å². The SMILES string of the molecule is COc1ccc2c(c1)c(S(=O)(=O)c1ccc(F)cc1)nn2CCCN. The van der Waals surface area contributed by atoms with E-state index in [1.807, 2.05) is 0 Å². The Kier molecular flexibility index (Phi) is 4.73. The summed E-state index contributed by atoms with van der Waals surface area (Å²) >= 11 is 0. The number of methoxy groups -OCH3 is 1. The van der Waals surface area contributed by atoms with Gasteiger partial charge in [0, 0.05) is 11.9 Å². The highest BCUT2D eigenvalue weighted by molar-refractivity contribution is 7.91. The fraction of sp³-hybridized carbons (Fsp3) is 0.235. The molecule has 0 fully saturated rings. The second-order valence-corrected chi connectivity index (χ2v) is 7.38. The Morgan fingerprint density at radius 1 is 1.20 bits per heavy atom. The summed E-state index contributed by atoms with van der Waals surface area (Å²) in [4.78, 5) is -0.0119. The monoisotopic (exact) mass is 363 g/mol. The van der Waals surface area contributed by atoms with Crippen molar-refractivity contribution in [2.75, 3.05) is 13.7 Å². The number of ether oxygens (including phenoxy) is 1. The average Bonchev–Trinajstić information content (AvgIpc) is 2.98. The Morgan fingerprint density at radius 3 is 2.56 bits per heavy atom. The quantitative estimate of drug-likeness (QED) is 0.680. The van der Waals surface area contributed by atoms with Gasteiger partial charge in [0.05, 0.1) is 17.5 Å². The van der Waals surface area contributed by atoms with E-state index in [0.717, 1.165) is 12.1 Å². The average molecular weight is 363 g/mol. The van der Waals surface area contributed by atoms with Crippen LogP contribution in [0.4, 0.5) is 4.39 Å². The van der Waals surface area contributed by atoms with Crippen LogP contribution >= 0.6 is 0 Å². The Hall–Kier alpha value is -2.45. The molecule has 132 valence electrons. The molecule has 2 N–H and O–H groups in total. The number of rotatable bonds is 6. The summed E-state index contributed by atoms with van der Waals surface area (Å²) in [5, 5.41) is 4.68. The van der Waals surface area contributed by atoms with Gasteiger partial charge >= 0.3 is 0 Å². The molecule has 0 atom stereocenters. The van der Waals surface area contributed by atoms with E-state index < -0.39 is 15.7 Å². The van der Waals surface area contributed by atoms with Gasteiger partial charge in [0.2, 0.25) is 9.84 Å². The lowest BCUT2D eigenvalue weighted by Crippen LogP contribution is -2.08.